The summed E-state index contributed by atoms with van der Waals surface area (Å²) >= 11 is 1.51. The van der Waals surface area contributed by atoms with Crippen molar-refractivity contribution in [3.8, 4) is 0 Å². The third kappa shape index (κ3) is 8.09. The van der Waals surface area contributed by atoms with Gasteiger partial charge in [-0.1, -0.05) is 72.3 Å². The molecule has 0 unspecified atom stereocenters. The zero-order valence-corrected chi connectivity index (χ0v) is 27.2. The van der Waals surface area contributed by atoms with Gasteiger partial charge in [0.25, 0.3) is 10.0 Å². The van der Waals surface area contributed by atoms with Gasteiger partial charge < -0.3 is 10.2 Å². The Hall–Kier alpha value is -4.08. The van der Waals surface area contributed by atoms with Gasteiger partial charge in [0.2, 0.25) is 11.8 Å². The molecule has 7 nitrogen and oxygen atoms in total. The number of benzene rings is 4. The average molecular weight is 630 g/mol. The first-order chi connectivity index (χ1) is 21.1. The number of anilines is 1. The van der Waals surface area contributed by atoms with E-state index in [0.717, 1.165) is 31.5 Å². The Balaban J connectivity index is 1.80. The molecular formula is C35H39N3O4S2. The molecule has 0 heterocycles. The van der Waals surface area contributed by atoms with E-state index in [0.29, 0.717) is 12.2 Å². The second-order valence-electron chi connectivity index (χ2n) is 10.6. The number of nitrogens with zero attached hydrogens (tertiary/aromatic N) is 2. The van der Waals surface area contributed by atoms with Gasteiger partial charge in [-0.2, -0.15) is 0 Å². The van der Waals surface area contributed by atoms with Crippen LogP contribution in [0.1, 0.15) is 29.2 Å². The molecule has 230 valence electrons. The Bertz CT molecular complexity index is 1660. The van der Waals surface area contributed by atoms with E-state index in [1.807, 2.05) is 93.8 Å². The molecule has 0 spiro atoms. The fourth-order valence-electron chi connectivity index (χ4n) is 4.93. The fourth-order valence-corrected chi connectivity index (χ4v) is 6.75. The summed E-state index contributed by atoms with van der Waals surface area (Å²) in [6.07, 6.45) is 2.20. The Morgan fingerprint density at radius 1 is 0.841 bits per heavy atom. The van der Waals surface area contributed by atoms with Crippen molar-refractivity contribution in [3.05, 3.63) is 125 Å². The summed E-state index contributed by atoms with van der Waals surface area (Å²) in [5.41, 5.74) is 4.06. The van der Waals surface area contributed by atoms with E-state index in [4.69, 9.17) is 0 Å². The lowest BCUT2D eigenvalue weighted by Crippen LogP contribution is -2.53. The lowest BCUT2D eigenvalue weighted by atomic mass is 10.0. The van der Waals surface area contributed by atoms with Gasteiger partial charge >= 0.3 is 0 Å². The molecule has 44 heavy (non-hydrogen) atoms. The lowest BCUT2D eigenvalue weighted by Gasteiger charge is -2.34. The van der Waals surface area contributed by atoms with Crippen LogP contribution in [0.25, 0.3) is 0 Å². The third-order valence-electron chi connectivity index (χ3n) is 7.47. The molecular weight excluding hydrogens is 591 g/mol. The quantitative estimate of drug-likeness (QED) is 0.184. The van der Waals surface area contributed by atoms with Gasteiger partial charge in [-0.05, 0) is 80.1 Å². The van der Waals surface area contributed by atoms with Gasteiger partial charge in [0.1, 0.15) is 12.6 Å². The van der Waals surface area contributed by atoms with Crippen molar-refractivity contribution in [1.29, 1.82) is 0 Å². The molecule has 2 amide bonds. The SMILES string of the molecule is CCNC(=O)[C@@H](Cc1ccccc1)N(Cc1ccccc1C)C(=O)CN(c1ccc(C)cc1)S(=O)(=O)c1ccc(SC)cc1. The summed E-state index contributed by atoms with van der Waals surface area (Å²) in [5, 5.41) is 2.89. The van der Waals surface area contributed by atoms with E-state index in [9.17, 15) is 18.0 Å². The van der Waals surface area contributed by atoms with Crippen LogP contribution in [0.4, 0.5) is 5.69 Å². The summed E-state index contributed by atoms with van der Waals surface area (Å²) in [7, 11) is -4.14. The first kappa shape index (κ1) is 32.8. The molecule has 0 aliphatic carbocycles. The minimum atomic E-state index is -4.14. The highest BCUT2D eigenvalue weighted by atomic mass is 32.2. The number of thioether (sulfide) groups is 1. The van der Waals surface area contributed by atoms with Gasteiger partial charge in [0.05, 0.1) is 10.6 Å². The highest BCUT2D eigenvalue weighted by Crippen LogP contribution is 2.27. The second kappa shape index (κ2) is 15.1. The second-order valence-corrected chi connectivity index (χ2v) is 13.3. The molecule has 9 heteroatoms. The molecule has 1 atom stereocenters. The maximum atomic E-state index is 14.5. The number of carbonyl (C=O) groups excluding carboxylic acids is 2. The summed E-state index contributed by atoms with van der Waals surface area (Å²) in [4.78, 5) is 30.6. The molecule has 4 rings (SSSR count). The molecule has 0 fully saturated rings. The lowest BCUT2D eigenvalue weighted by molar-refractivity contribution is -0.140. The van der Waals surface area contributed by atoms with Crippen molar-refractivity contribution >= 4 is 39.3 Å². The van der Waals surface area contributed by atoms with Crippen LogP contribution in [0.5, 0.6) is 0 Å². The summed E-state index contributed by atoms with van der Waals surface area (Å²) in [6, 6.07) is 30.0. The highest BCUT2D eigenvalue weighted by molar-refractivity contribution is 7.98. The smallest absolute Gasteiger partial charge is 0.264 e. The van der Waals surface area contributed by atoms with Gasteiger partial charge in [0, 0.05) is 24.4 Å². The van der Waals surface area contributed by atoms with Crippen molar-refractivity contribution in [2.75, 3.05) is 23.7 Å². The summed E-state index contributed by atoms with van der Waals surface area (Å²) < 4.78 is 29.5. The van der Waals surface area contributed by atoms with Crippen LogP contribution >= 0.6 is 11.8 Å². The van der Waals surface area contributed by atoms with Crippen molar-refractivity contribution in [3.63, 3.8) is 0 Å². The number of amides is 2. The topological polar surface area (TPSA) is 86.8 Å². The number of hydrogen-bond acceptors (Lipinski definition) is 5. The Morgan fingerprint density at radius 3 is 2.09 bits per heavy atom. The summed E-state index contributed by atoms with van der Waals surface area (Å²) in [5.74, 6) is -0.777. The first-order valence-electron chi connectivity index (χ1n) is 14.5. The van der Waals surface area contributed by atoms with E-state index in [1.165, 1.54) is 16.7 Å². The average Bonchev–Trinajstić information content (AvgIpc) is 3.03. The third-order valence-corrected chi connectivity index (χ3v) is 10.0. The van der Waals surface area contributed by atoms with Crippen molar-refractivity contribution in [2.24, 2.45) is 0 Å². The van der Waals surface area contributed by atoms with Gasteiger partial charge in [-0.3, -0.25) is 13.9 Å². The van der Waals surface area contributed by atoms with Crippen LogP contribution in [-0.4, -0.2) is 50.5 Å². The zero-order chi connectivity index (χ0) is 31.7. The molecule has 0 radical (unpaired) electrons. The van der Waals surface area contributed by atoms with Crippen LogP contribution in [0.3, 0.4) is 0 Å². The molecule has 0 saturated carbocycles. The maximum absolute atomic E-state index is 14.5. The van der Waals surface area contributed by atoms with E-state index < -0.39 is 28.5 Å². The number of aryl methyl sites for hydroxylation is 2. The van der Waals surface area contributed by atoms with Crippen LogP contribution in [0.2, 0.25) is 0 Å². The molecule has 0 aliphatic heterocycles. The predicted molar refractivity (Wildman–Crippen MR) is 178 cm³/mol. The van der Waals surface area contributed by atoms with E-state index in [2.05, 4.69) is 5.32 Å². The van der Waals surface area contributed by atoms with Crippen LogP contribution in [0, 0.1) is 13.8 Å². The maximum Gasteiger partial charge on any atom is 0.264 e. The van der Waals surface area contributed by atoms with Crippen molar-refractivity contribution < 1.29 is 18.0 Å². The fraction of sp³-hybridized carbons (Fsp3) is 0.257. The molecule has 0 bridgehead atoms. The van der Waals surface area contributed by atoms with E-state index >= 15 is 0 Å². The molecule has 0 aliphatic rings. The van der Waals surface area contributed by atoms with E-state index in [1.54, 1.807) is 36.4 Å². The number of rotatable bonds is 13. The monoisotopic (exact) mass is 629 g/mol. The van der Waals surface area contributed by atoms with Gasteiger partial charge in [-0.15, -0.1) is 11.8 Å². The van der Waals surface area contributed by atoms with Crippen LogP contribution in [-0.2, 0) is 32.6 Å². The zero-order valence-electron chi connectivity index (χ0n) is 25.6. The predicted octanol–water partition coefficient (Wildman–Crippen LogP) is 6.00. The van der Waals surface area contributed by atoms with Gasteiger partial charge in [0.15, 0.2) is 0 Å². The van der Waals surface area contributed by atoms with Crippen LogP contribution < -0.4 is 9.62 Å². The Morgan fingerprint density at radius 2 is 1.48 bits per heavy atom. The number of nitrogens with one attached hydrogen (secondary N) is 1. The number of hydrogen-bond donors (Lipinski definition) is 1. The highest BCUT2D eigenvalue weighted by Gasteiger charge is 2.34. The standard InChI is InChI=1S/C35H39N3O4S2/c1-5-36-35(40)33(23-28-12-7-6-8-13-28)37(24-29-14-10-9-11-27(29)3)34(39)25-38(30-17-15-26(2)16-18-30)44(41,42)32-21-19-31(43-4)20-22-32/h6-22,33H,5,23-25H2,1-4H3,(H,36,40)/t33-/m1/s1. The molecule has 0 saturated heterocycles. The molecule has 4 aromatic rings. The van der Waals surface area contributed by atoms with Crippen LogP contribution in [0.15, 0.2) is 113 Å². The van der Waals surface area contributed by atoms with E-state index in [-0.39, 0.29) is 23.8 Å². The minimum Gasteiger partial charge on any atom is -0.355 e. The molecule has 0 aromatic heterocycles. The number of sulfonamides is 1. The van der Waals surface area contributed by atoms with Crippen molar-refractivity contribution in [1.82, 2.24) is 10.2 Å². The Kier molecular flexibility index (Phi) is 11.3. The number of likely N-dealkylation sites (N-methyl/N-ethyl adjacent to an activating group) is 1. The largest absolute Gasteiger partial charge is 0.355 e. The number of carbonyl (C=O) groups is 2. The molecule has 1 N–H and O–H groups in total. The Labute approximate surface area is 265 Å². The first-order valence-corrected chi connectivity index (χ1v) is 17.2. The normalized spacial score (nSPS) is 11.9. The molecule has 4 aromatic carbocycles. The minimum absolute atomic E-state index is 0.0821. The summed E-state index contributed by atoms with van der Waals surface area (Å²) in [6.45, 7) is 5.76. The van der Waals surface area contributed by atoms with Crippen molar-refractivity contribution in [2.45, 2.75) is 49.6 Å². The van der Waals surface area contributed by atoms with Gasteiger partial charge in [-0.25, -0.2) is 8.42 Å².